The Kier molecular flexibility index (Phi) is 3.49. The van der Waals surface area contributed by atoms with Crippen molar-refractivity contribution >= 4 is 10.1 Å². The molecule has 0 aliphatic heterocycles. The summed E-state index contributed by atoms with van der Waals surface area (Å²) in [5.41, 5.74) is 11.3. The summed E-state index contributed by atoms with van der Waals surface area (Å²) in [4.78, 5) is 0. The second-order valence-electron chi connectivity index (χ2n) is 3.63. The van der Waals surface area contributed by atoms with E-state index < -0.39 is 27.5 Å². The Morgan fingerprint density at radius 3 is 2.29 bits per heavy atom. The molecule has 4 atom stereocenters. The van der Waals surface area contributed by atoms with E-state index in [1.165, 1.54) is 7.11 Å². The molecule has 0 heterocycles. The fraction of sp³-hybridized carbons (Fsp3) is 1.00. The summed E-state index contributed by atoms with van der Waals surface area (Å²) < 4.78 is 35.8. The topological polar surface area (TPSA) is 116 Å². The van der Waals surface area contributed by atoms with Gasteiger partial charge in [-0.1, -0.05) is 0 Å². The van der Waals surface area contributed by atoms with Gasteiger partial charge in [0, 0.05) is 19.2 Å². The highest BCUT2D eigenvalue weighted by molar-refractivity contribution is 7.86. The van der Waals surface area contributed by atoms with Crippen LogP contribution in [0.3, 0.4) is 0 Å². The third kappa shape index (κ3) is 2.43. The van der Waals surface area contributed by atoms with Crippen LogP contribution in [0.25, 0.3) is 0 Å². The van der Waals surface area contributed by atoms with Gasteiger partial charge in [-0.05, 0) is 12.8 Å². The molecule has 7 heteroatoms. The molecule has 1 aliphatic rings. The van der Waals surface area contributed by atoms with E-state index in [2.05, 4.69) is 0 Å². The average Bonchev–Trinajstić information content (AvgIpc) is 2.06. The van der Waals surface area contributed by atoms with Gasteiger partial charge in [0.15, 0.2) is 0 Å². The highest BCUT2D eigenvalue weighted by Crippen LogP contribution is 2.23. The van der Waals surface area contributed by atoms with Gasteiger partial charge in [-0.15, -0.1) is 0 Å². The first-order valence-electron chi connectivity index (χ1n) is 4.36. The zero-order valence-corrected chi connectivity index (χ0v) is 8.78. The molecule has 0 aromatic rings. The first-order chi connectivity index (χ1) is 6.36. The molecule has 6 nitrogen and oxygen atoms in total. The molecule has 1 saturated carbocycles. The SMILES string of the molecule is COC1CC(N)C(S(=O)(=O)O)CC1N. The summed E-state index contributed by atoms with van der Waals surface area (Å²) in [6.07, 6.45) is 0.253. The molecule has 1 rings (SSSR count). The molecule has 0 aromatic heterocycles. The van der Waals surface area contributed by atoms with Crippen LogP contribution in [0.15, 0.2) is 0 Å². The van der Waals surface area contributed by atoms with Crippen LogP contribution in [0, 0.1) is 0 Å². The molecular weight excluding hydrogens is 208 g/mol. The Morgan fingerprint density at radius 2 is 1.86 bits per heavy atom. The third-order valence-electron chi connectivity index (χ3n) is 2.65. The van der Waals surface area contributed by atoms with Crippen molar-refractivity contribution in [3.05, 3.63) is 0 Å². The zero-order valence-electron chi connectivity index (χ0n) is 7.96. The molecule has 84 valence electrons. The molecule has 0 amide bonds. The maximum Gasteiger partial charge on any atom is 0.269 e. The summed E-state index contributed by atoms with van der Waals surface area (Å²) in [7, 11) is -2.60. The Morgan fingerprint density at radius 1 is 1.29 bits per heavy atom. The van der Waals surface area contributed by atoms with Gasteiger partial charge in [-0.2, -0.15) is 8.42 Å². The zero-order chi connectivity index (χ0) is 10.9. The second-order valence-corrected chi connectivity index (χ2v) is 5.26. The number of rotatable bonds is 2. The summed E-state index contributed by atoms with van der Waals surface area (Å²) in [5.74, 6) is 0. The van der Waals surface area contributed by atoms with E-state index in [9.17, 15) is 8.42 Å². The normalized spacial score (nSPS) is 39.7. The van der Waals surface area contributed by atoms with Gasteiger partial charge in [-0.3, -0.25) is 4.55 Å². The molecule has 4 unspecified atom stereocenters. The number of nitrogens with two attached hydrogens (primary N) is 2. The van der Waals surface area contributed by atoms with Crippen molar-refractivity contribution in [3.8, 4) is 0 Å². The van der Waals surface area contributed by atoms with Gasteiger partial charge in [0.1, 0.15) is 5.25 Å². The van der Waals surface area contributed by atoms with Crippen molar-refractivity contribution in [2.45, 2.75) is 36.3 Å². The lowest BCUT2D eigenvalue weighted by atomic mass is 9.89. The van der Waals surface area contributed by atoms with Crippen LogP contribution >= 0.6 is 0 Å². The van der Waals surface area contributed by atoms with Gasteiger partial charge in [0.2, 0.25) is 0 Å². The molecule has 5 N–H and O–H groups in total. The summed E-state index contributed by atoms with van der Waals surface area (Å²) in [5, 5.41) is -0.969. The van der Waals surface area contributed by atoms with Crippen molar-refractivity contribution in [2.24, 2.45) is 11.5 Å². The Balaban J connectivity index is 2.77. The molecule has 0 aromatic carbocycles. The third-order valence-corrected chi connectivity index (χ3v) is 3.96. The smallest absolute Gasteiger partial charge is 0.269 e. The lowest BCUT2D eigenvalue weighted by Crippen LogP contribution is -2.55. The molecule has 1 fully saturated rings. The molecule has 0 radical (unpaired) electrons. The largest absolute Gasteiger partial charge is 0.380 e. The van der Waals surface area contributed by atoms with Crippen LogP contribution in [0.1, 0.15) is 12.8 Å². The van der Waals surface area contributed by atoms with Gasteiger partial charge in [0.05, 0.1) is 6.10 Å². The van der Waals surface area contributed by atoms with Crippen LogP contribution in [0.2, 0.25) is 0 Å². The van der Waals surface area contributed by atoms with Gasteiger partial charge in [-0.25, -0.2) is 0 Å². The van der Waals surface area contributed by atoms with Gasteiger partial charge >= 0.3 is 0 Å². The predicted octanol–water partition coefficient (Wildman–Crippen LogP) is -1.29. The quantitative estimate of drug-likeness (QED) is 0.502. The van der Waals surface area contributed by atoms with E-state index in [-0.39, 0.29) is 12.5 Å². The van der Waals surface area contributed by atoms with Crippen LogP contribution < -0.4 is 11.5 Å². The van der Waals surface area contributed by atoms with E-state index >= 15 is 0 Å². The van der Waals surface area contributed by atoms with Gasteiger partial charge in [0.25, 0.3) is 10.1 Å². The standard InChI is InChI=1S/C7H16N2O4S/c1-13-6-2-5(9)7(3-4(6)8)14(10,11)12/h4-7H,2-3,8-9H2,1H3,(H,10,11,12). The fourth-order valence-electron chi connectivity index (χ4n) is 1.80. The minimum Gasteiger partial charge on any atom is -0.380 e. The molecule has 14 heavy (non-hydrogen) atoms. The molecule has 0 bridgehead atoms. The first kappa shape index (κ1) is 11.9. The summed E-state index contributed by atoms with van der Waals surface area (Å²) in [6, 6.07) is -1.01. The van der Waals surface area contributed by atoms with Crippen LogP contribution in [0.4, 0.5) is 0 Å². The first-order valence-corrected chi connectivity index (χ1v) is 5.87. The van der Waals surface area contributed by atoms with E-state index in [0.29, 0.717) is 6.42 Å². The van der Waals surface area contributed by atoms with Crippen molar-refractivity contribution in [1.29, 1.82) is 0 Å². The van der Waals surface area contributed by atoms with E-state index in [1.807, 2.05) is 0 Å². The van der Waals surface area contributed by atoms with E-state index in [4.69, 9.17) is 20.8 Å². The van der Waals surface area contributed by atoms with Gasteiger partial charge < -0.3 is 16.2 Å². The van der Waals surface area contributed by atoms with Crippen LogP contribution in [-0.2, 0) is 14.9 Å². The van der Waals surface area contributed by atoms with Crippen molar-refractivity contribution in [1.82, 2.24) is 0 Å². The number of hydrogen-bond donors (Lipinski definition) is 3. The lowest BCUT2D eigenvalue weighted by Gasteiger charge is -2.35. The van der Waals surface area contributed by atoms with Crippen LogP contribution in [-0.4, -0.2) is 43.5 Å². The molecule has 0 spiro atoms. The van der Waals surface area contributed by atoms with E-state index in [1.54, 1.807) is 0 Å². The number of hydrogen-bond acceptors (Lipinski definition) is 5. The monoisotopic (exact) mass is 224 g/mol. The summed E-state index contributed by atoms with van der Waals surface area (Å²) >= 11 is 0. The Hall–Kier alpha value is -0.210. The maximum atomic E-state index is 10.9. The number of ether oxygens (including phenoxy) is 1. The summed E-state index contributed by atoms with van der Waals surface area (Å²) in [6.45, 7) is 0. The minimum absolute atomic E-state index is 0.137. The predicted molar refractivity (Wildman–Crippen MR) is 51.3 cm³/mol. The molecule has 0 saturated heterocycles. The van der Waals surface area contributed by atoms with E-state index in [0.717, 1.165) is 0 Å². The Bertz CT molecular complexity index is 292. The van der Waals surface area contributed by atoms with Crippen molar-refractivity contribution in [2.75, 3.05) is 7.11 Å². The lowest BCUT2D eigenvalue weighted by molar-refractivity contribution is 0.0485. The van der Waals surface area contributed by atoms with Crippen molar-refractivity contribution in [3.63, 3.8) is 0 Å². The number of methoxy groups -OCH3 is 1. The average molecular weight is 224 g/mol. The molecule has 1 aliphatic carbocycles. The van der Waals surface area contributed by atoms with Crippen molar-refractivity contribution < 1.29 is 17.7 Å². The fourth-order valence-corrected chi connectivity index (χ4v) is 2.82. The molecular formula is C7H16N2O4S. The minimum atomic E-state index is -4.10. The highest BCUT2D eigenvalue weighted by Gasteiger charge is 2.40. The maximum absolute atomic E-state index is 10.9. The Labute approximate surface area is 83.3 Å². The second kappa shape index (κ2) is 4.11. The highest BCUT2D eigenvalue weighted by atomic mass is 32.2. The van der Waals surface area contributed by atoms with Crippen LogP contribution in [0.5, 0.6) is 0 Å².